The Labute approximate surface area is 197 Å². The van der Waals surface area contributed by atoms with E-state index in [0.29, 0.717) is 32.6 Å². The van der Waals surface area contributed by atoms with Crippen molar-refractivity contribution < 1.29 is 14.6 Å². The number of nitrogens with one attached hydrogen (secondary N) is 1. The second kappa shape index (κ2) is 10.3. The van der Waals surface area contributed by atoms with Crippen molar-refractivity contribution in [3.63, 3.8) is 0 Å². The first kappa shape index (κ1) is 22.6. The molecule has 0 aliphatic rings. The van der Waals surface area contributed by atoms with Gasteiger partial charge in [0.05, 0.1) is 8.95 Å². The summed E-state index contributed by atoms with van der Waals surface area (Å²) >= 11 is 7.01. The van der Waals surface area contributed by atoms with Crippen LogP contribution in [0.1, 0.15) is 16.7 Å². The molecule has 5 nitrogen and oxygen atoms in total. The molecule has 3 rings (SSSR count). The molecule has 3 aromatic rings. The van der Waals surface area contributed by atoms with E-state index in [-0.39, 0.29) is 11.3 Å². The summed E-state index contributed by atoms with van der Waals surface area (Å²) in [5.74, 6) is 0.180. The number of phenols is 1. The zero-order valence-electron chi connectivity index (χ0n) is 16.5. The Hall–Kier alpha value is -3.08. The van der Waals surface area contributed by atoms with Crippen molar-refractivity contribution in [2.75, 3.05) is 5.32 Å². The van der Waals surface area contributed by atoms with E-state index < -0.39 is 5.91 Å². The minimum absolute atomic E-state index is 0.0553. The van der Waals surface area contributed by atoms with Gasteiger partial charge in [-0.3, -0.25) is 4.79 Å². The summed E-state index contributed by atoms with van der Waals surface area (Å²) in [6.07, 6.45) is 1.50. The first-order valence-corrected chi connectivity index (χ1v) is 10.8. The van der Waals surface area contributed by atoms with Gasteiger partial charge in [-0.05, 0) is 92.4 Å². The average molecular weight is 542 g/mol. The first-order valence-electron chi connectivity index (χ1n) is 9.25. The van der Waals surface area contributed by atoms with Gasteiger partial charge in [-0.1, -0.05) is 29.8 Å². The molecule has 0 unspecified atom stereocenters. The smallest absolute Gasteiger partial charge is 0.266 e. The highest BCUT2D eigenvalue weighted by Gasteiger charge is 2.13. The third-order valence-electron chi connectivity index (χ3n) is 4.29. The number of hydrogen-bond donors (Lipinski definition) is 2. The number of ether oxygens (including phenoxy) is 1. The van der Waals surface area contributed by atoms with Crippen LogP contribution in [0.3, 0.4) is 0 Å². The van der Waals surface area contributed by atoms with Crippen molar-refractivity contribution in [3.8, 4) is 17.6 Å². The van der Waals surface area contributed by atoms with Crippen molar-refractivity contribution in [1.29, 1.82) is 5.26 Å². The molecule has 0 aliphatic carbocycles. The largest absolute Gasteiger partial charge is 0.508 e. The molecular formula is C24H18Br2N2O3. The van der Waals surface area contributed by atoms with Gasteiger partial charge in [-0.15, -0.1) is 0 Å². The zero-order chi connectivity index (χ0) is 22.4. The Balaban J connectivity index is 1.76. The number of carbonyl (C=O) groups excluding carboxylic acids is 1. The predicted octanol–water partition coefficient (Wildman–Crippen LogP) is 6.35. The molecule has 0 saturated carbocycles. The standard InChI is InChI=1S/C24H18Br2N2O3/c1-15-3-2-4-16(9-15)14-31-23-21(25)11-17(12-22(23)26)10-18(13-27)24(30)28-19-5-7-20(29)8-6-19/h2-12,29H,14H2,1H3,(H,28,30)/b18-10+. The van der Waals surface area contributed by atoms with Gasteiger partial charge in [0, 0.05) is 5.69 Å². The molecule has 0 heterocycles. The second-order valence-electron chi connectivity index (χ2n) is 6.76. The molecule has 0 atom stereocenters. The Morgan fingerprint density at radius 1 is 1.13 bits per heavy atom. The highest BCUT2D eigenvalue weighted by Crippen LogP contribution is 2.36. The van der Waals surface area contributed by atoms with Crippen LogP contribution in [0.4, 0.5) is 5.69 Å². The number of nitrogens with zero attached hydrogens (tertiary/aromatic N) is 1. The van der Waals surface area contributed by atoms with Crippen LogP contribution in [0.25, 0.3) is 6.08 Å². The molecule has 0 fully saturated rings. The maximum absolute atomic E-state index is 12.4. The van der Waals surface area contributed by atoms with E-state index in [0.717, 1.165) is 11.1 Å². The lowest BCUT2D eigenvalue weighted by atomic mass is 10.1. The maximum Gasteiger partial charge on any atom is 0.266 e. The SMILES string of the molecule is Cc1cccc(COc2c(Br)cc(/C=C(\C#N)C(=O)Nc3ccc(O)cc3)cc2Br)c1. The molecule has 0 aliphatic heterocycles. The lowest BCUT2D eigenvalue weighted by molar-refractivity contribution is -0.112. The van der Waals surface area contributed by atoms with Crippen LogP contribution in [0, 0.1) is 18.3 Å². The van der Waals surface area contributed by atoms with Gasteiger partial charge in [0.2, 0.25) is 0 Å². The fourth-order valence-corrected chi connectivity index (χ4v) is 4.27. The van der Waals surface area contributed by atoms with Gasteiger partial charge >= 0.3 is 0 Å². The number of rotatable bonds is 6. The van der Waals surface area contributed by atoms with E-state index in [1.165, 1.54) is 18.2 Å². The normalized spacial score (nSPS) is 11.0. The molecular weight excluding hydrogens is 524 g/mol. The average Bonchev–Trinajstić information content (AvgIpc) is 2.73. The monoisotopic (exact) mass is 540 g/mol. The summed E-state index contributed by atoms with van der Waals surface area (Å²) in [6.45, 7) is 2.44. The van der Waals surface area contributed by atoms with Gasteiger partial charge in [0.25, 0.3) is 5.91 Å². The summed E-state index contributed by atoms with van der Waals surface area (Å²) < 4.78 is 7.34. The number of aromatic hydroxyl groups is 1. The Morgan fingerprint density at radius 3 is 2.42 bits per heavy atom. The molecule has 0 aromatic heterocycles. The maximum atomic E-state index is 12.4. The third kappa shape index (κ3) is 6.20. The van der Waals surface area contributed by atoms with Gasteiger partial charge in [0.15, 0.2) is 0 Å². The number of phenolic OH excluding ortho intramolecular Hbond substituents is 1. The number of carbonyl (C=O) groups is 1. The summed E-state index contributed by atoms with van der Waals surface area (Å²) in [6, 6.07) is 19.6. The van der Waals surface area contributed by atoms with E-state index in [4.69, 9.17) is 4.74 Å². The number of halogens is 2. The highest BCUT2D eigenvalue weighted by atomic mass is 79.9. The molecule has 0 spiro atoms. The first-order chi connectivity index (χ1) is 14.9. The second-order valence-corrected chi connectivity index (χ2v) is 8.47. The zero-order valence-corrected chi connectivity index (χ0v) is 19.7. The minimum Gasteiger partial charge on any atom is -0.508 e. The van der Waals surface area contributed by atoms with Crippen molar-refractivity contribution in [2.45, 2.75) is 13.5 Å². The molecule has 2 N–H and O–H groups in total. The predicted molar refractivity (Wildman–Crippen MR) is 128 cm³/mol. The number of amides is 1. The van der Waals surface area contributed by atoms with Gasteiger partial charge < -0.3 is 15.2 Å². The lowest BCUT2D eigenvalue weighted by Gasteiger charge is -2.12. The van der Waals surface area contributed by atoms with Crippen LogP contribution in [0.2, 0.25) is 0 Å². The van der Waals surface area contributed by atoms with Crippen molar-refractivity contribution in [3.05, 3.63) is 91.9 Å². The number of hydrogen-bond acceptors (Lipinski definition) is 4. The van der Waals surface area contributed by atoms with Crippen molar-refractivity contribution in [2.24, 2.45) is 0 Å². The van der Waals surface area contributed by atoms with E-state index in [1.54, 1.807) is 24.3 Å². The van der Waals surface area contributed by atoms with E-state index in [9.17, 15) is 15.2 Å². The number of aryl methyl sites for hydroxylation is 1. The molecule has 3 aromatic carbocycles. The Kier molecular flexibility index (Phi) is 7.50. The third-order valence-corrected chi connectivity index (χ3v) is 5.47. The molecule has 0 saturated heterocycles. The summed E-state index contributed by atoms with van der Waals surface area (Å²) in [7, 11) is 0. The summed E-state index contributed by atoms with van der Waals surface area (Å²) in [5.41, 5.74) is 3.29. The van der Waals surface area contributed by atoms with Crippen LogP contribution < -0.4 is 10.1 Å². The Bertz CT molecular complexity index is 1160. The molecule has 7 heteroatoms. The number of nitriles is 1. The number of benzene rings is 3. The van der Waals surface area contributed by atoms with Crippen LogP contribution in [-0.2, 0) is 11.4 Å². The summed E-state index contributed by atoms with van der Waals surface area (Å²) in [5, 5.41) is 21.4. The van der Waals surface area contributed by atoms with Gasteiger partial charge in [-0.2, -0.15) is 5.26 Å². The molecule has 31 heavy (non-hydrogen) atoms. The van der Waals surface area contributed by atoms with Crippen LogP contribution in [-0.4, -0.2) is 11.0 Å². The molecule has 1 amide bonds. The van der Waals surface area contributed by atoms with Crippen LogP contribution >= 0.6 is 31.9 Å². The lowest BCUT2D eigenvalue weighted by Crippen LogP contribution is -2.13. The minimum atomic E-state index is -0.541. The van der Waals surface area contributed by atoms with E-state index >= 15 is 0 Å². The fourth-order valence-electron chi connectivity index (χ4n) is 2.82. The van der Waals surface area contributed by atoms with Gasteiger partial charge in [0.1, 0.15) is 29.7 Å². The van der Waals surface area contributed by atoms with E-state index in [2.05, 4.69) is 43.2 Å². The molecule has 156 valence electrons. The summed E-state index contributed by atoms with van der Waals surface area (Å²) in [4.78, 5) is 12.4. The van der Waals surface area contributed by atoms with Crippen LogP contribution in [0.5, 0.6) is 11.5 Å². The van der Waals surface area contributed by atoms with Crippen LogP contribution in [0.15, 0.2) is 75.2 Å². The fraction of sp³-hybridized carbons (Fsp3) is 0.0833. The molecule has 0 radical (unpaired) electrons. The quantitative estimate of drug-likeness (QED) is 0.216. The number of anilines is 1. The topological polar surface area (TPSA) is 82.3 Å². The Morgan fingerprint density at radius 2 is 1.81 bits per heavy atom. The van der Waals surface area contributed by atoms with Crippen molar-refractivity contribution >= 4 is 49.5 Å². The van der Waals surface area contributed by atoms with Crippen molar-refractivity contribution in [1.82, 2.24) is 0 Å². The highest BCUT2D eigenvalue weighted by molar-refractivity contribution is 9.11. The van der Waals surface area contributed by atoms with E-state index in [1.807, 2.05) is 31.2 Å². The molecule has 0 bridgehead atoms. The van der Waals surface area contributed by atoms with Gasteiger partial charge in [-0.25, -0.2) is 0 Å².